The van der Waals surface area contributed by atoms with Gasteiger partial charge < -0.3 is 33.0 Å². The zero-order valence-corrected chi connectivity index (χ0v) is 13.9. The predicted octanol–water partition coefficient (Wildman–Crippen LogP) is -1.28. The molecule has 0 aliphatic carbocycles. The van der Waals surface area contributed by atoms with Gasteiger partial charge >= 0.3 is 0 Å². The lowest BCUT2D eigenvalue weighted by Crippen LogP contribution is -3.00. The number of nitrogens with two attached hydrogens (primary N) is 1. The molecule has 0 bridgehead atoms. The molecule has 0 spiro atoms. The maximum Gasteiger partial charge on any atom is 0.128 e. The van der Waals surface area contributed by atoms with E-state index in [2.05, 4.69) is 12.2 Å². The Morgan fingerprint density at radius 3 is 2.35 bits per heavy atom. The monoisotopic (exact) mass is 337 g/mol. The Labute approximate surface area is 143 Å². The molecule has 0 aromatic heterocycles. The maximum absolute atomic E-state index is 10.1. The normalized spacial score (nSPS) is 13.1. The van der Waals surface area contributed by atoms with Crippen LogP contribution in [0.3, 0.4) is 0 Å². The van der Waals surface area contributed by atoms with Gasteiger partial charge in [0.25, 0.3) is 0 Å². The van der Waals surface area contributed by atoms with Gasteiger partial charge in [-0.25, -0.2) is 0 Å². The lowest BCUT2D eigenvalue weighted by Gasteiger charge is -2.15. The summed E-state index contributed by atoms with van der Waals surface area (Å²) in [5.41, 5.74) is 1.94. The summed E-state index contributed by atoms with van der Waals surface area (Å²) in [4.78, 5) is 0. The third kappa shape index (κ3) is 6.48. The average molecular weight is 338 g/mol. The maximum atomic E-state index is 10.1. The van der Waals surface area contributed by atoms with Crippen molar-refractivity contribution in [3.8, 4) is 11.5 Å². The van der Waals surface area contributed by atoms with Crippen molar-refractivity contribution in [3.63, 3.8) is 0 Å². The lowest BCUT2D eigenvalue weighted by molar-refractivity contribution is -0.693. The summed E-state index contributed by atoms with van der Waals surface area (Å²) in [6.07, 6.45) is 1.34. The minimum Gasteiger partial charge on any atom is -1.00 e. The van der Waals surface area contributed by atoms with Crippen LogP contribution in [0.4, 0.5) is 0 Å². The number of benzene rings is 2. The van der Waals surface area contributed by atoms with E-state index in [4.69, 9.17) is 0 Å². The number of rotatable bonds is 7. The highest BCUT2D eigenvalue weighted by Gasteiger charge is 2.12. The second kappa shape index (κ2) is 9.40. The Hall–Kier alpha value is -1.75. The molecule has 126 valence electrons. The summed E-state index contributed by atoms with van der Waals surface area (Å²) in [7, 11) is 0. The van der Waals surface area contributed by atoms with Crippen LogP contribution in [0.5, 0.6) is 11.5 Å². The Kier molecular flexibility index (Phi) is 7.89. The van der Waals surface area contributed by atoms with E-state index in [-0.39, 0.29) is 18.2 Å². The molecule has 0 heterocycles. The second-order valence-electron chi connectivity index (χ2n) is 5.76. The number of aromatic hydroxyl groups is 2. The average Bonchev–Trinajstić information content (AvgIpc) is 2.51. The topological polar surface area (TPSA) is 77.3 Å². The SMILES string of the molecule is CC(CCc1cccc(O)c1)[NH2+]CC(O)c1ccc(O)cc1.[Cl-]. The summed E-state index contributed by atoms with van der Waals surface area (Å²) in [5.74, 6) is 0.510. The van der Waals surface area contributed by atoms with Crippen molar-refractivity contribution in [3.05, 3.63) is 59.7 Å². The van der Waals surface area contributed by atoms with Crippen LogP contribution >= 0.6 is 0 Å². The number of quaternary nitrogens is 1. The Balaban J connectivity index is 0.00000264. The highest BCUT2D eigenvalue weighted by atomic mass is 35.5. The van der Waals surface area contributed by atoms with Gasteiger partial charge in [-0.2, -0.15) is 0 Å². The van der Waals surface area contributed by atoms with Gasteiger partial charge in [0, 0.05) is 6.42 Å². The summed E-state index contributed by atoms with van der Waals surface area (Å²) < 4.78 is 0. The largest absolute Gasteiger partial charge is 1.00 e. The van der Waals surface area contributed by atoms with Crippen LogP contribution in [0.25, 0.3) is 0 Å². The Morgan fingerprint density at radius 1 is 1.00 bits per heavy atom. The van der Waals surface area contributed by atoms with Gasteiger partial charge in [-0.3, -0.25) is 0 Å². The number of hydrogen-bond donors (Lipinski definition) is 4. The number of aliphatic hydroxyl groups excluding tert-OH is 1. The summed E-state index contributed by atoms with van der Waals surface area (Å²) in [5, 5.41) is 30.9. The van der Waals surface area contributed by atoms with Gasteiger partial charge in [-0.1, -0.05) is 24.3 Å². The summed E-state index contributed by atoms with van der Waals surface area (Å²) in [6, 6.07) is 14.4. The molecule has 0 aliphatic heterocycles. The van der Waals surface area contributed by atoms with Crippen LogP contribution in [-0.4, -0.2) is 27.9 Å². The van der Waals surface area contributed by atoms with Crippen molar-refractivity contribution < 1.29 is 33.0 Å². The van der Waals surface area contributed by atoms with Crippen LogP contribution in [-0.2, 0) is 6.42 Å². The van der Waals surface area contributed by atoms with Crippen molar-refractivity contribution in [1.82, 2.24) is 0 Å². The summed E-state index contributed by atoms with van der Waals surface area (Å²) in [6.45, 7) is 2.72. The number of phenols is 2. The number of aryl methyl sites for hydroxylation is 1. The molecule has 5 N–H and O–H groups in total. The van der Waals surface area contributed by atoms with Crippen LogP contribution in [0, 0.1) is 0 Å². The zero-order valence-electron chi connectivity index (χ0n) is 13.2. The first kappa shape index (κ1) is 19.3. The predicted molar refractivity (Wildman–Crippen MR) is 85.7 cm³/mol. The third-order valence-corrected chi connectivity index (χ3v) is 3.84. The first-order valence-corrected chi connectivity index (χ1v) is 7.63. The molecule has 2 atom stereocenters. The third-order valence-electron chi connectivity index (χ3n) is 3.84. The molecule has 23 heavy (non-hydrogen) atoms. The van der Waals surface area contributed by atoms with Crippen molar-refractivity contribution >= 4 is 0 Å². The number of phenolic OH excluding ortho intramolecular Hbond substituents is 2. The number of hydrogen-bond acceptors (Lipinski definition) is 3. The molecule has 2 aromatic rings. The molecule has 0 saturated heterocycles. The highest BCUT2D eigenvalue weighted by molar-refractivity contribution is 5.27. The van der Waals surface area contributed by atoms with Crippen LogP contribution in [0.1, 0.15) is 30.6 Å². The molecule has 2 aromatic carbocycles. The molecular formula is C18H24ClNO3. The van der Waals surface area contributed by atoms with E-state index in [0.29, 0.717) is 18.3 Å². The molecule has 0 fully saturated rings. The van der Waals surface area contributed by atoms with Gasteiger partial charge in [-0.15, -0.1) is 0 Å². The van der Waals surface area contributed by atoms with Crippen molar-refractivity contribution in [2.45, 2.75) is 31.9 Å². The fraction of sp³-hybridized carbons (Fsp3) is 0.333. The summed E-state index contributed by atoms with van der Waals surface area (Å²) >= 11 is 0. The van der Waals surface area contributed by atoms with E-state index < -0.39 is 6.10 Å². The van der Waals surface area contributed by atoms with Gasteiger partial charge in [0.1, 0.15) is 24.1 Å². The highest BCUT2D eigenvalue weighted by Crippen LogP contribution is 2.15. The first-order valence-electron chi connectivity index (χ1n) is 7.63. The number of aliphatic hydroxyl groups is 1. The standard InChI is InChI=1S/C18H23NO3.ClH/c1-13(5-6-14-3-2-4-17(21)11-14)19-12-18(22)15-7-9-16(20)10-8-15;/h2-4,7-11,13,18-22H,5-6,12H2,1H3;1H. The van der Waals surface area contributed by atoms with Gasteiger partial charge in [0.15, 0.2) is 0 Å². The Bertz CT molecular complexity index is 589. The van der Waals surface area contributed by atoms with E-state index in [1.165, 1.54) is 0 Å². The molecule has 2 rings (SSSR count). The van der Waals surface area contributed by atoms with E-state index in [1.54, 1.807) is 36.4 Å². The van der Waals surface area contributed by atoms with Crippen molar-refractivity contribution in [2.24, 2.45) is 0 Å². The molecule has 0 saturated carbocycles. The molecule has 0 radical (unpaired) electrons. The zero-order chi connectivity index (χ0) is 15.9. The van der Waals surface area contributed by atoms with E-state index in [1.807, 2.05) is 12.1 Å². The minimum atomic E-state index is -0.538. The minimum absolute atomic E-state index is 0. The van der Waals surface area contributed by atoms with Crippen LogP contribution in [0.15, 0.2) is 48.5 Å². The van der Waals surface area contributed by atoms with E-state index >= 15 is 0 Å². The molecule has 0 aliphatic rings. The second-order valence-corrected chi connectivity index (χ2v) is 5.76. The number of halogens is 1. The molecular weight excluding hydrogens is 314 g/mol. The Morgan fingerprint density at radius 2 is 1.70 bits per heavy atom. The molecule has 2 unspecified atom stereocenters. The van der Waals surface area contributed by atoms with Gasteiger partial charge in [0.05, 0.1) is 6.04 Å². The first-order chi connectivity index (χ1) is 10.5. The van der Waals surface area contributed by atoms with Crippen molar-refractivity contribution in [2.75, 3.05) is 6.54 Å². The van der Waals surface area contributed by atoms with Crippen LogP contribution < -0.4 is 17.7 Å². The van der Waals surface area contributed by atoms with E-state index in [0.717, 1.165) is 24.0 Å². The van der Waals surface area contributed by atoms with Crippen molar-refractivity contribution in [1.29, 1.82) is 0 Å². The van der Waals surface area contributed by atoms with Crippen LogP contribution in [0.2, 0.25) is 0 Å². The fourth-order valence-electron chi connectivity index (χ4n) is 2.42. The fourth-order valence-corrected chi connectivity index (χ4v) is 2.42. The molecule has 4 nitrogen and oxygen atoms in total. The van der Waals surface area contributed by atoms with Gasteiger partial charge in [0.2, 0.25) is 0 Å². The quantitative estimate of drug-likeness (QED) is 0.508. The molecule has 0 amide bonds. The smallest absolute Gasteiger partial charge is 0.128 e. The lowest BCUT2D eigenvalue weighted by atomic mass is 10.0. The van der Waals surface area contributed by atoms with Gasteiger partial charge in [-0.05, 0) is 48.7 Å². The molecule has 5 heteroatoms. The van der Waals surface area contributed by atoms with E-state index in [9.17, 15) is 15.3 Å².